The van der Waals surface area contributed by atoms with Crippen molar-refractivity contribution in [1.29, 1.82) is 0 Å². The Kier molecular flexibility index (Phi) is 5.41. The molecule has 1 rings (SSSR count). The van der Waals surface area contributed by atoms with Crippen LogP contribution in [-0.4, -0.2) is 17.7 Å². The molecule has 0 amide bonds. The maximum atomic E-state index is 11.0. The maximum Gasteiger partial charge on any atom is 0.309 e. The Balaban J connectivity index is 2.51. The van der Waals surface area contributed by atoms with Crippen LogP contribution in [0, 0.1) is 19.3 Å². The van der Waals surface area contributed by atoms with Gasteiger partial charge in [-0.3, -0.25) is 4.79 Å². The largest absolute Gasteiger partial charge is 0.493 e. The molecule has 0 atom stereocenters. The minimum atomic E-state index is -0.761. The van der Waals surface area contributed by atoms with Gasteiger partial charge >= 0.3 is 5.97 Å². The fraction of sp³-hybridized carbons (Fsp3) is 0.533. The molecule has 3 nitrogen and oxygen atoms in total. The number of carboxylic acid groups (broad SMARTS) is 1. The summed E-state index contributed by atoms with van der Waals surface area (Å²) in [5.41, 5.74) is 1.52. The van der Waals surface area contributed by atoms with E-state index in [0.717, 1.165) is 27.8 Å². The van der Waals surface area contributed by atoms with Crippen molar-refractivity contribution < 1.29 is 14.6 Å². The van der Waals surface area contributed by atoms with Crippen LogP contribution in [0.1, 0.15) is 37.8 Å². The molecule has 0 bridgehead atoms. The fourth-order valence-corrected chi connectivity index (χ4v) is 2.17. The van der Waals surface area contributed by atoms with Crippen molar-refractivity contribution in [2.45, 2.75) is 40.5 Å². The summed E-state index contributed by atoms with van der Waals surface area (Å²) >= 11 is 3.48. The van der Waals surface area contributed by atoms with Crippen LogP contribution in [0.4, 0.5) is 0 Å². The fourth-order valence-electron chi connectivity index (χ4n) is 1.71. The van der Waals surface area contributed by atoms with Crippen LogP contribution < -0.4 is 4.74 Å². The maximum absolute atomic E-state index is 11.0. The number of rotatable bonds is 6. The Morgan fingerprint density at radius 2 is 1.95 bits per heavy atom. The standard InChI is InChI=1S/C15H21BrO3/c1-10-9-13(11(2)8-12(10)16)19-7-5-6-15(3,4)14(17)18/h8-9H,5-7H2,1-4H3,(H,17,18). The predicted molar refractivity (Wildman–Crippen MR) is 79.8 cm³/mol. The van der Waals surface area contributed by atoms with Crippen LogP contribution in [0.3, 0.4) is 0 Å². The molecule has 19 heavy (non-hydrogen) atoms. The third kappa shape index (κ3) is 4.53. The SMILES string of the molecule is Cc1cc(OCCCC(C)(C)C(=O)O)c(C)cc1Br. The first kappa shape index (κ1) is 16.0. The van der Waals surface area contributed by atoms with Gasteiger partial charge in [0.2, 0.25) is 0 Å². The third-order valence-electron chi connectivity index (χ3n) is 3.24. The van der Waals surface area contributed by atoms with Gasteiger partial charge in [0.25, 0.3) is 0 Å². The quantitative estimate of drug-likeness (QED) is 0.790. The van der Waals surface area contributed by atoms with Gasteiger partial charge < -0.3 is 9.84 Å². The zero-order valence-corrected chi connectivity index (χ0v) is 13.5. The number of carboxylic acids is 1. The first-order valence-corrected chi connectivity index (χ1v) is 7.16. The molecule has 1 aromatic rings. The van der Waals surface area contributed by atoms with Crippen LogP contribution in [-0.2, 0) is 4.79 Å². The van der Waals surface area contributed by atoms with Gasteiger partial charge in [-0.15, -0.1) is 0 Å². The van der Waals surface area contributed by atoms with E-state index in [2.05, 4.69) is 15.9 Å². The molecule has 0 radical (unpaired) electrons. The van der Waals surface area contributed by atoms with Crippen LogP contribution in [0.2, 0.25) is 0 Å². The number of halogens is 1. The highest BCUT2D eigenvalue weighted by atomic mass is 79.9. The van der Waals surface area contributed by atoms with E-state index in [4.69, 9.17) is 9.84 Å². The number of aliphatic carboxylic acids is 1. The molecule has 0 aliphatic heterocycles. The second-order valence-corrected chi connectivity index (χ2v) is 6.36. The highest BCUT2D eigenvalue weighted by molar-refractivity contribution is 9.10. The molecule has 0 aromatic heterocycles. The topological polar surface area (TPSA) is 46.5 Å². The molecule has 0 unspecified atom stereocenters. The van der Waals surface area contributed by atoms with E-state index in [0.29, 0.717) is 13.0 Å². The lowest BCUT2D eigenvalue weighted by molar-refractivity contribution is -0.147. The third-order valence-corrected chi connectivity index (χ3v) is 4.09. The first-order chi connectivity index (χ1) is 8.74. The van der Waals surface area contributed by atoms with Crippen molar-refractivity contribution in [2.24, 2.45) is 5.41 Å². The lowest BCUT2D eigenvalue weighted by atomic mass is 9.88. The zero-order chi connectivity index (χ0) is 14.6. The Morgan fingerprint density at radius 3 is 2.53 bits per heavy atom. The van der Waals surface area contributed by atoms with Crippen molar-refractivity contribution in [1.82, 2.24) is 0 Å². The molecule has 0 heterocycles. The number of benzene rings is 1. The molecule has 0 fully saturated rings. The summed E-state index contributed by atoms with van der Waals surface area (Å²) in [6.07, 6.45) is 1.34. The predicted octanol–water partition coefficient (Wildman–Crippen LogP) is 4.34. The van der Waals surface area contributed by atoms with Crippen molar-refractivity contribution in [2.75, 3.05) is 6.61 Å². The molecule has 1 aromatic carbocycles. The van der Waals surface area contributed by atoms with Crippen molar-refractivity contribution in [3.8, 4) is 5.75 Å². The van der Waals surface area contributed by atoms with Gasteiger partial charge in [0.1, 0.15) is 5.75 Å². The van der Waals surface area contributed by atoms with Crippen molar-refractivity contribution in [3.63, 3.8) is 0 Å². The van der Waals surface area contributed by atoms with Crippen LogP contribution in [0.25, 0.3) is 0 Å². The average molecular weight is 329 g/mol. The minimum Gasteiger partial charge on any atom is -0.493 e. The van der Waals surface area contributed by atoms with E-state index in [9.17, 15) is 4.79 Å². The zero-order valence-electron chi connectivity index (χ0n) is 11.9. The van der Waals surface area contributed by atoms with Crippen LogP contribution in [0.15, 0.2) is 16.6 Å². The Hall–Kier alpha value is -1.03. The molecule has 0 aliphatic rings. The summed E-state index contributed by atoms with van der Waals surface area (Å²) < 4.78 is 6.81. The molecule has 106 valence electrons. The number of aryl methyl sites for hydroxylation is 2. The van der Waals surface area contributed by atoms with Gasteiger partial charge in [0.05, 0.1) is 12.0 Å². The molecule has 4 heteroatoms. The highest BCUT2D eigenvalue weighted by Gasteiger charge is 2.26. The second kappa shape index (κ2) is 6.42. The lowest BCUT2D eigenvalue weighted by Crippen LogP contribution is -2.24. The van der Waals surface area contributed by atoms with E-state index in [1.165, 1.54) is 0 Å². The van der Waals surface area contributed by atoms with Crippen LogP contribution in [0.5, 0.6) is 5.75 Å². The van der Waals surface area contributed by atoms with E-state index in [1.54, 1.807) is 13.8 Å². The van der Waals surface area contributed by atoms with E-state index >= 15 is 0 Å². The van der Waals surface area contributed by atoms with Gasteiger partial charge in [-0.25, -0.2) is 0 Å². The smallest absolute Gasteiger partial charge is 0.309 e. The average Bonchev–Trinajstić information content (AvgIpc) is 2.30. The molecular weight excluding hydrogens is 308 g/mol. The Bertz CT molecular complexity index is 467. The monoisotopic (exact) mass is 328 g/mol. The molecular formula is C15H21BrO3. The van der Waals surface area contributed by atoms with E-state index in [-0.39, 0.29) is 0 Å². The van der Waals surface area contributed by atoms with Gasteiger partial charge in [-0.05, 0) is 63.8 Å². The number of ether oxygens (including phenoxy) is 1. The summed E-state index contributed by atoms with van der Waals surface area (Å²) in [6, 6.07) is 4.04. The van der Waals surface area contributed by atoms with E-state index < -0.39 is 11.4 Å². The van der Waals surface area contributed by atoms with Gasteiger partial charge in [0.15, 0.2) is 0 Å². The summed E-state index contributed by atoms with van der Waals surface area (Å²) in [4.78, 5) is 11.0. The molecule has 0 saturated carbocycles. The van der Waals surface area contributed by atoms with Gasteiger partial charge in [-0.1, -0.05) is 15.9 Å². The normalized spacial score (nSPS) is 11.4. The van der Waals surface area contributed by atoms with E-state index in [1.807, 2.05) is 26.0 Å². The highest BCUT2D eigenvalue weighted by Crippen LogP contribution is 2.27. The van der Waals surface area contributed by atoms with Crippen LogP contribution >= 0.6 is 15.9 Å². The van der Waals surface area contributed by atoms with Gasteiger partial charge in [0, 0.05) is 4.47 Å². The molecule has 1 N–H and O–H groups in total. The molecule has 0 saturated heterocycles. The lowest BCUT2D eigenvalue weighted by Gasteiger charge is -2.19. The first-order valence-electron chi connectivity index (χ1n) is 6.37. The van der Waals surface area contributed by atoms with Crippen molar-refractivity contribution in [3.05, 3.63) is 27.7 Å². The minimum absolute atomic E-state index is 0.540. The summed E-state index contributed by atoms with van der Waals surface area (Å²) in [5, 5.41) is 9.02. The number of hydrogen-bond acceptors (Lipinski definition) is 2. The second-order valence-electron chi connectivity index (χ2n) is 5.51. The summed E-state index contributed by atoms with van der Waals surface area (Å²) in [7, 11) is 0. The van der Waals surface area contributed by atoms with Crippen molar-refractivity contribution >= 4 is 21.9 Å². The van der Waals surface area contributed by atoms with Gasteiger partial charge in [-0.2, -0.15) is 0 Å². The number of carbonyl (C=O) groups is 1. The Labute approximate surface area is 123 Å². The Morgan fingerprint density at radius 1 is 1.32 bits per heavy atom. The number of hydrogen-bond donors (Lipinski definition) is 1. The molecule has 0 aliphatic carbocycles. The molecule has 0 spiro atoms. The summed E-state index contributed by atoms with van der Waals surface area (Å²) in [6.45, 7) is 8.04. The summed E-state index contributed by atoms with van der Waals surface area (Å²) in [5.74, 6) is 0.108.